The van der Waals surface area contributed by atoms with Crippen molar-refractivity contribution in [2.24, 2.45) is 0 Å². The summed E-state index contributed by atoms with van der Waals surface area (Å²) in [4.78, 5) is 7.28. The molecule has 0 bridgehead atoms. The zero-order chi connectivity index (χ0) is 35.8. The minimum Gasteiger partial charge on any atom is -0.458 e. The third-order valence-electron chi connectivity index (χ3n) is 12.0. The molecule has 0 unspecified atom stereocenters. The fourth-order valence-electron chi connectivity index (χ4n) is 9.97. The molecule has 5 nitrogen and oxygen atoms in total. The van der Waals surface area contributed by atoms with E-state index >= 15 is 0 Å². The van der Waals surface area contributed by atoms with Crippen LogP contribution in [0.15, 0.2) is 176 Å². The first-order valence-electron chi connectivity index (χ1n) is 18.9. The Morgan fingerprint density at radius 1 is 0.364 bits per heavy atom. The van der Waals surface area contributed by atoms with Crippen molar-refractivity contribution < 1.29 is 9.47 Å². The van der Waals surface area contributed by atoms with E-state index in [1.54, 1.807) is 0 Å². The van der Waals surface area contributed by atoms with E-state index in [9.17, 15) is 0 Å². The second-order valence-electron chi connectivity index (χ2n) is 14.8. The first-order valence-corrected chi connectivity index (χ1v) is 18.9. The summed E-state index contributed by atoms with van der Waals surface area (Å²) in [6.07, 6.45) is 0. The molecule has 0 saturated carbocycles. The molecule has 0 fully saturated rings. The number of hydrogen-bond donors (Lipinski definition) is 0. The van der Waals surface area contributed by atoms with E-state index in [4.69, 9.17) is 9.47 Å². The maximum atomic E-state index is 7.16. The van der Waals surface area contributed by atoms with Gasteiger partial charge in [-0.3, -0.25) is 0 Å². The van der Waals surface area contributed by atoms with Crippen LogP contribution in [0.2, 0.25) is 0 Å². The van der Waals surface area contributed by atoms with Gasteiger partial charge in [-0.1, -0.05) is 97.1 Å². The number of para-hydroxylation sites is 6. The van der Waals surface area contributed by atoms with Gasteiger partial charge in [0.1, 0.15) is 11.5 Å². The van der Waals surface area contributed by atoms with Crippen molar-refractivity contribution in [1.82, 2.24) is 0 Å². The normalized spacial score (nSPS) is 14.0. The molecule has 0 amide bonds. The SMILES string of the molecule is c1ccc(N(c2ccccc2)c2ccc3c(c2)B2c4cccc5c4N4c6c(cccc6B6c7ccccc7N(c7ccccc7)c7cc(c2c4c76)O3)O5)cc1. The number of benzene rings is 8. The standard InChI is InChI=1S/C48H29B2N3O2/c1-4-14-30(15-5-1)51(31-16-6-2-7-17-31)33-26-27-40-37(28-33)50-36-22-13-25-42-47(36)53-46-35(21-12-24-41(46)55-42)49-34-20-10-11-23-38(34)52(32-18-8-3-9-19-32)39-29-43(54-40)45(50)48(53)44(39)49/h1-29H. The van der Waals surface area contributed by atoms with E-state index < -0.39 is 0 Å². The summed E-state index contributed by atoms with van der Waals surface area (Å²) in [7, 11) is 0. The van der Waals surface area contributed by atoms with E-state index in [2.05, 4.69) is 191 Å². The Morgan fingerprint density at radius 2 is 0.945 bits per heavy atom. The highest BCUT2D eigenvalue weighted by Crippen LogP contribution is 2.55. The van der Waals surface area contributed by atoms with E-state index in [0.29, 0.717) is 0 Å². The zero-order valence-corrected chi connectivity index (χ0v) is 29.6. The summed E-state index contributed by atoms with van der Waals surface area (Å²) < 4.78 is 14.0. The average Bonchev–Trinajstić information content (AvgIpc) is 3.24. The number of nitrogens with zero attached hydrogens (tertiary/aromatic N) is 3. The molecule has 0 radical (unpaired) electrons. The fourth-order valence-corrected chi connectivity index (χ4v) is 9.97. The van der Waals surface area contributed by atoms with Gasteiger partial charge in [0.15, 0.2) is 11.5 Å². The molecule has 55 heavy (non-hydrogen) atoms. The molecule has 0 saturated heterocycles. The molecule has 7 heteroatoms. The highest BCUT2D eigenvalue weighted by Gasteiger charge is 2.53. The second kappa shape index (κ2) is 10.7. The van der Waals surface area contributed by atoms with Crippen molar-refractivity contribution in [1.29, 1.82) is 0 Å². The lowest BCUT2D eigenvalue weighted by molar-refractivity contribution is 0.476. The molecule has 8 aromatic carbocycles. The monoisotopic (exact) mass is 701 g/mol. The summed E-state index contributed by atoms with van der Waals surface area (Å²) in [5.41, 5.74) is 17.6. The first-order chi connectivity index (χ1) is 27.3. The van der Waals surface area contributed by atoms with Crippen LogP contribution >= 0.6 is 0 Å². The molecule has 5 aliphatic heterocycles. The first kappa shape index (κ1) is 29.4. The molecular formula is C48H29B2N3O2. The molecule has 0 aromatic heterocycles. The van der Waals surface area contributed by atoms with Gasteiger partial charge in [-0.05, 0) is 106 Å². The summed E-state index contributed by atoms with van der Waals surface area (Å²) in [5.74, 6) is 3.52. The zero-order valence-electron chi connectivity index (χ0n) is 29.6. The van der Waals surface area contributed by atoms with Gasteiger partial charge in [0.05, 0.1) is 11.4 Å². The number of ether oxygens (including phenoxy) is 2. The van der Waals surface area contributed by atoms with Crippen molar-refractivity contribution in [2.75, 3.05) is 14.7 Å². The van der Waals surface area contributed by atoms with Crippen LogP contribution in [0.4, 0.5) is 51.2 Å². The molecule has 8 aromatic rings. The molecular weight excluding hydrogens is 672 g/mol. The molecule has 254 valence electrons. The van der Waals surface area contributed by atoms with E-state index in [1.165, 1.54) is 38.7 Å². The van der Waals surface area contributed by atoms with Gasteiger partial charge in [-0.25, -0.2) is 0 Å². The van der Waals surface area contributed by atoms with Gasteiger partial charge in [-0.2, -0.15) is 0 Å². The number of fused-ring (bicyclic) bond motifs is 6. The molecule has 0 N–H and O–H groups in total. The van der Waals surface area contributed by atoms with Crippen molar-refractivity contribution in [3.63, 3.8) is 0 Å². The predicted molar refractivity (Wildman–Crippen MR) is 226 cm³/mol. The smallest absolute Gasteiger partial charge is 0.256 e. The minimum atomic E-state index is -0.0861. The van der Waals surface area contributed by atoms with Gasteiger partial charge in [-0.15, -0.1) is 0 Å². The van der Waals surface area contributed by atoms with Crippen LogP contribution in [0.3, 0.4) is 0 Å². The molecule has 13 rings (SSSR count). The maximum absolute atomic E-state index is 7.16. The van der Waals surface area contributed by atoms with Gasteiger partial charge in [0.2, 0.25) is 0 Å². The van der Waals surface area contributed by atoms with Crippen LogP contribution in [0.1, 0.15) is 0 Å². The molecule has 5 aliphatic rings. The Bertz CT molecular complexity index is 2880. The average molecular weight is 701 g/mol. The fraction of sp³-hybridized carbons (Fsp3) is 0. The number of hydrogen-bond acceptors (Lipinski definition) is 5. The largest absolute Gasteiger partial charge is 0.458 e. The Kier molecular flexibility index (Phi) is 5.73. The van der Waals surface area contributed by atoms with Crippen LogP contribution in [-0.4, -0.2) is 13.4 Å². The van der Waals surface area contributed by atoms with Crippen LogP contribution in [0, 0.1) is 0 Å². The molecule has 0 spiro atoms. The van der Waals surface area contributed by atoms with E-state index in [-0.39, 0.29) is 13.4 Å². The van der Waals surface area contributed by atoms with Crippen LogP contribution < -0.4 is 57.0 Å². The number of rotatable bonds is 4. The van der Waals surface area contributed by atoms with E-state index in [1.807, 2.05) is 0 Å². The summed E-state index contributed by atoms with van der Waals surface area (Å²) in [6.45, 7) is -0.0786. The van der Waals surface area contributed by atoms with E-state index in [0.717, 1.165) is 68.3 Å². The lowest BCUT2D eigenvalue weighted by Gasteiger charge is -2.50. The lowest BCUT2D eigenvalue weighted by atomic mass is 9.29. The quantitative estimate of drug-likeness (QED) is 0.172. The predicted octanol–water partition coefficient (Wildman–Crippen LogP) is 8.28. The Labute approximate surface area is 319 Å². The molecule has 5 heterocycles. The Morgan fingerprint density at radius 3 is 1.64 bits per heavy atom. The highest BCUT2D eigenvalue weighted by molar-refractivity contribution is 7.04. The summed E-state index contributed by atoms with van der Waals surface area (Å²) >= 11 is 0. The second-order valence-corrected chi connectivity index (χ2v) is 14.8. The molecule has 0 atom stereocenters. The van der Waals surface area contributed by atoms with Gasteiger partial charge >= 0.3 is 0 Å². The number of anilines is 9. The van der Waals surface area contributed by atoms with Crippen LogP contribution in [-0.2, 0) is 0 Å². The summed E-state index contributed by atoms with van der Waals surface area (Å²) in [5, 5.41) is 0. The highest BCUT2D eigenvalue weighted by atomic mass is 16.5. The third-order valence-corrected chi connectivity index (χ3v) is 12.0. The third kappa shape index (κ3) is 3.84. The van der Waals surface area contributed by atoms with Crippen molar-refractivity contribution in [2.45, 2.75) is 0 Å². The van der Waals surface area contributed by atoms with Gasteiger partial charge in [0.25, 0.3) is 13.4 Å². The van der Waals surface area contributed by atoms with Crippen molar-refractivity contribution >= 4 is 97.4 Å². The maximum Gasteiger partial charge on any atom is 0.256 e. The van der Waals surface area contributed by atoms with Crippen LogP contribution in [0.25, 0.3) is 0 Å². The van der Waals surface area contributed by atoms with Gasteiger partial charge in [0, 0.05) is 45.9 Å². The lowest BCUT2D eigenvalue weighted by Crippen LogP contribution is -2.68. The topological polar surface area (TPSA) is 28.2 Å². The van der Waals surface area contributed by atoms with Crippen molar-refractivity contribution in [3.05, 3.63) is 176 Å². The van der Waals surface area contributed by atoms with Gasteiger partial charge < -0.3 is 24.2 Å². The Balaban J connectivity index is 1.12. The van der Waals surface area contributed by atoms with Crippen LogP contribution in [0.5, 0.6) is 23.0 Å². The molecule has 0 aliphatic carbocycles. The Hall–Kier alpha value is -7.11. The minimum absolute atomic E-state index is 0.00751. The van der Waals surface area contributed by atoms with Crippen molar-refractivity contribution in [3.8, 4) is 23.0 Å². The summed E-state index contributed by atoms with van der Waals surface area (Å²) in [6, 6.07) is 63.0.